The molecule has 0 spiro atoms. The Morgan fingerprint density at radius 3 is 2.28 bits per heavy atom. The number of benzene rings is 1. The van der Waals surface area contributed by atoms with Crippen LogP contribution in [-0.4, -0.2) is 34.0 Å². The van der Waals surface area contributed by atoms with Gasteiger partial charge in [0.1, 0.15) is 11.5 Å². The molecule has 4 nitrogen and oxygen atoms in total. The summed E-state index contributed by atoms with van der Waals surface area (Å²) in [6, 6.07) is 4.18. The van der Waals surface area contributed by atoms with E-state index in [-0.39, 0.29) is 18.4 Å². The first-order valence-corrected chi connectivity index (χ1v) is 5.80. The maximum absolute atomic E-state index is 5.49. The van der Waals surface area contributed by atoms with Gasteiger partial charge in [-0.3, -0.25) is 0 Å². The van der Waals surface area contributed by atoms with Gasteiger partial charge in [0, 0.05) is 6.54 Å². The van der Waals surface area contributed by atoms with Crippen molar-refractivity contribution in [3.05, 3.63) is 23.3 Å². The first kappa shape index (κ1) is 15.1. The molecule has 0 amide bonds. The molecule has 0 aromatic heterocycles. The Hall–Kier alpha value is -0.970. The van der Waals surface area contributed by atoms with E-state index in [1.54, 1.807) is 14.2 Å². The summed E-state index contributed by atoms with van der Waals surface area (Å²) >= 11 is 0. The maximum Gasteiger partial charge on any atom is 0.127 e. The lowest BCUT2D eigenvalue weighted by Crippen LogP contribution is -2.35. The van der Waals surface area contributed by atoms with Crippen LogP contribution in [0.2, 0.25) is 0 Å². The molecule has 0 saturated carbocycles. The van der Waals surface area contributed by atoms with Crippen molar-refractivity contribution >= 4 is 12.4 Å². The average molecular weight is 274 g/mol. The minimum Gasteiger partial charge on any atom is -0.496 e. The van der Waals surface area contributed by atoms with E-state index in [0.29, 0.717) is 6.61 Å². The number of morpholine rings is 1. The van der Waals surface area contributed by atoms with E-state index in [1.807, 2.05) is 19.1 Å². The van der Waals surface area contributed by atoms with Crippen LogP contribution in [0.4, 0.5) is 0 Å². The Labute approximate surface area is 114 Å². The molecule has 1 aromatic carbocycles. The summed E-state index contributed by atoms with van der Waals surface area (Å²) < 4.78 is 16.4. The number of methoxy groups -OCH3 is 2. The molecular weight excluding hydrogens is 254 g/mol. The van der Waals surface area contributed by atoms with Crippen LogP contribution in [0, 0.1) is 6.92 Å². The molecule has 1 atom stereocenters. The van der Waals surface area contributed by atoms with E-state index in [9.17, 15) is 0 Å². The van der Waals surface area contributed by atoms with Gasteiger partial charge in [0.2, 0.25) is 0 Å². The van der Waals surface area contributed by atoms with Crippen LogP contribution >= 0.6 is 12.4 Å². The Balaban J connectivity index is 0.00000162. The van der Waals surface area contributed by atoms with Gasteiger partial charge in [-0.25, -0.2) is 0 Å². The van der Waals surface area contributed by atoms with Crippen LogP contribution < -0.4 is 14.8 Å². The normalized spacial score (nSPS) is 18.9. The van der Waals surface area contributed by atoms with E-state index in [0.717, 1.165) is 35.8 Å². The van der Waals surface area contributed by atoms with E-state index in [1.165, 1.54) is 0 Å². The lowest BCUT2D eigenvalue weighted by atomic mass is 10.0. The summed E-state index contributed by atoms with van der Waals surface area (Å²) in [6.45, 7) is 4.28. The van der Waals surface area contributed by atoms with Crippen molar-refractivity contribution in [1.29, 1.82) is 0 Å². The SMILES string of the molecule is COc1cc(C)cc(OC)c1[C@@H]1COCCN1.Cl. The third-order valence-corrected chi connectivity index (χ3v) is 2.96. The van der Waals surface area contributed by atoms with Crippen molar-refractivity contribution < 1.29 is 14.2 Å². The Kier molecular flexibility index (Phi) is 5.72. The summed E-state index contributed by atoms with van der Waals surface area (Å²) in [5.41, 5.74) is 2.17. The summed E-state index contributed by atoms with van der Waals surface area (Å²) in [7, 11) is 3.36. The van der Waals surface area contributed by atoms with Gasteiger partial charge in [0.05, 0.1) is 39.0 Å². The van der Waals surface area contributed by atoms with Gasteiger partial charge in [-0.1, -0.05) is 0 Å². The van der Waals surface area contributed by atoms with Crippen molar-refractivity contribution in [2.45, 2.75) is 13.0 Å². The van der Waals surface area contributed by atoms with E-state index in [4.69, 9.17) is 14.2 Å². The van der Waals surface area contributed by atoms with Crippen LogP contribution in [0.25, 0.3) is 0 Å². The second kappa shape index (κ2) is 6.83. The molecule has 0 radical (unpaired) electrons. The molecule has 1 aliphatic rings. The molecule has 2 rings (SSSR count). The zero-order chi connectivity index (χ0) is 12.3. The second-order valence-electron chi connectivity index (χ2n) is 4.16. The maximum atomic E-state index is 5.49. The minimum absolute atomic E-state index is 0. The molecular formula is C13H20ClNO3. The van der Waals surface area contributed by atoms with Gasteiger partial charge in [-0.15, -0.1) is 12.4 Å². The highest BCUT2D eigenvalue weighted by atomic mass is 35.5. The zero-order valence-electron chi connectivity index (χ0n) is 11.0. The molecule has 1 heterocycles. The van der Waals surface area contributed by atoms with Gasteiger partial charge in [-0.05, 0) is 24.6 Å². The van der Waals surface area contributed by atoms with Gasteiger partial charge in [-0.2, -0.15) is 0 Å². The summed E-state index contributed by atoms with van der Waals surface area (Å²) in [5, 5.41) is 3.42. The molecule has 1 fully saturated rings. The molecule has 0 bridgehead atoms. The van der Waals surface area contributed by atoms with Crippen molar-refractivity contribution in [3.8, 4) is 11.5 Å². The third-order valence-electron chi connectivity index (χ3n) is 2.96. The molecule has 102 valence electrons. The van der Waals surface area contributed by atoms with Gasteiger partial charge >= 0.3 is 0 Å². The number of rotatable bonds is 3. The highest BCUT2D eigenvalue weighted by Crippen LogP contribution is 2.36. The first-order valence-electron chi connectivity index (χ1n) is 5.80. The quantitative estimate of drug-likeness (QED) is 0.916. The standard InChI is InChI=1S/C13H19NO3.ClH/c1-9-6-11(15-2)13(12(7-9)16-3)10-8-17-5-4-14-10;/h6-7,10,14H,4-5,8H2,1-3H3;1H/t10-;/m0./s1. The van der Waals surface area contributed by atoms with E-state index < -0.39 is 0 Å². The van der Waals surface area contributed by atoms with Gasteiger partial charge in [0.25, 0.3) is 0 Å². The summed E-state index contributed by atoms with van der Waals surface area (Å²) in [5.74, 6) is 1.70. The number of hydrogen-bond acceptors (Lipinski definition) is 4. The predicted molar refractivity (Wildman–Crippen MR) is 73.1 cm³/mol. The smallest absolute Gasteiger partial charge is 0.127 e. The number of ether oxygens (including phenoxy) is 3. The van der Waals surface area contributed by atoms with E-state index >= 15 is 0 Å². The molecule has 1 aromatic rings. The number of aryl methyl sites for hydroxylation is 1. The van der Waals surface area contributed by atoms with Crippen molar-refractivity contribution in [1.82, 2.24) is 5.32 Å². The molecule has 18 heavy (non-hydrogen) atoms. The zero-order valence-corrected chi connectivity index (χ0v) is 11.8. The molecule has 1 saturated heterocycles. The Morgan fingerprint density at radius 1 is 1.22 bits per heavy atom. The topological polar surface area (TPSA) is 39.7 Å². The van der Waals surface area contributed by atoms with Crippen molar-refractivity contribution in [3.63, 3.8) is 0 Å². The minimum atomic E-state index is 0. The van der Waals surface area contributed by atoms with Crippen molar-refractivity contribution in [2.24, 2.45) is 0 Å². The van der Waals surface area contributed by atoms with Crippen LogP contribution in [0.1, 0.15) is 17.2 Å². The fourth-order valence-corrected chi connectivity index (χ4v) is 2.16. The number of nitrogens with one attached hydrogen (secondary N) is 1. The largest absolute Gasteiger partial charge is 0.496 e. The summed E-state index contributed by atoms with van der Waals surface area (Å²) in [6.07, 6.45) is 0. The van der Waals surface area contributed by atoms with Crippen LogP contribution in [0.15, 0.2) is 12.1 Å². The monoisotopic (exact) mass is 273 g/mol. The highest BCUT2D eigenvalue weighted by Gasteiger charge is 2.23. The van der Waals surface area contributed by atoms with Crippen LogP contribution in [-0.2, 0) is 4.74 Å². The average Bonchev–Trinajstić information content (AvgIpc) is 2.38. The fraction of sp³-hybridized carbons (Fsp3) is 0.538. The van der Waals surface area contributed by atoms with Gasteiger partial charge < -0.3 is 19.5 Å². The van der Waals surface area contributed by atoms with Crippen molar-refractivity contribution in [2.75, 3.05) is 34.0 Å². The lowest BCUT2D eigenvalue weighted by molar-refractivity contribution is 0.0752. The fourth-order valence-electron chi connectivity index (χ4n) is 2.16. The second-order valence-corrected chi connectivity index (χ2v) is 4.16. The molecule has 1 N–H and O–H groups in total. The molecule has 0 unspecified atom stereocenters. The molecule has 0 aliphatic carbocycles. The number of halogens is 1. The Morgan fingerprint density at radius 2 is 1.83 bits per heavy atom. The molecule has 5 heteroatoms. The lowest BCUT2D eigenvalue weighted by Gasteiger charge is -2.27. The third kappa shape index (κ3) is 3.07. The van der Waals surface area contributed by atoms with E-state index in [2.05, 4.69) is 5.32 Å². The first-order chi connectivity index (χ1) is 8.26. The number of hydrogen-bond donors (Lipinski definition) is 1. The predicted octanol–water partition coefficient (Wildman–Crippen LogP) is 2.09. The summed E-state index contributed by atoms with van der Waals surface area (Å²) in [4.78, 5) is 0. The highest BCUT2D eigenvalue weighted by molar-refractivity contribution is 5.85. The Bertz CT molecular complexity index is 367. The molecule has 1 aliphatic heterocycles. The van der Waals surface area contributed by atoms with Gasteiger partial charge in [0.15, 0.2) is 0 Å². The van der Waals surface area contributed by atoms with Crippen LogP contribution in [0.3, 0.4) is 0 Å². The van der Waals surface area contributed by atoms with Crippen LogP contribution in [0.5, 0.6) is 11.5 Å².